The predicted molar refractivity (Wildman–Crippen MR) is 77.5 cm³/mol. The van der Waals surface area contributed by atoms with Crippen molar-refractivity contribution in [3.63, 3.8) is 0 Å². The van der Waals surface area contributed by atoms with Crippen LogP contribution in [0.5, 0.6) is 0 Å². The van der Waals surface area contributed by atoms with Crippen molar-refractivity contribution in [3.8, 4) is 5.69 Å². The van der Waals surface area contributed by atoms with Crippen LogP contribution in [-0.2, 0) is 0 Å². The second kappa shape index (κ2) is 5.71. The van der Waals surface area contributed by atoms with Gasteiger partial charge in [-0.2, -0.15) is 0 Å². The topological polar surface area (TPSA) is 55.6 Å². The van der Waals surface area contributed by atoms with Crippen molar-refractivity contribution in [3.05, 3.63) is 36.2 Å². The van der Waals surface area contributed by atoms with Gasteiger partial charge in [0.1, 0.15) is 6.33 Å². The number of nitrogens with zero attached hydrogens (tertiary/aromatic N) is 4. The summed E-state index contributed by atoms with van der Waals surface area (Å²) >= 11 is 0. The minimum absolute atomic E-state index is 0.369. The average Bonchev–Trinajstić information content (AvgIpc) is 2.90. The van der Waals surface area contributed by atoms with Gasteiger partial charge in [-0.15, -0.1) is 5.10 Å². The molecule has 5 heteroatoms. The molecule has 1 aromatic carbocycles. The number of hydrogen-bond donors (Lipinski definition) is 1. The number of tetrazole rings is 1. The summed E-state index contributed by atoms with van der Waals surface area (Å²) in [5.74, 6) is 0.859. The van der Waals surface area contributed by atoms with Gasteiger partial charge in [-0.1, -0.05) is 18.6 Å². The summed E-state index contributed by atoms with van der Waals surface area (Å²) in [7, 11) is 0. The summed E-state index contributed by atoms with van der Waals surface area (Å²) in [6.07, 6.45) is 5.75. The molecule has 0 aliphatic heterocycles. The van der Waals surface area contributed by atoms with E-state index in [1.54, 1.807) is 11.0 Å². The Balaban J connectivity index is 1.64. The van der Waals surface area contributed by atoms with Crippen molar-refractivity contribution in [1.82, 2.24) is 25.5 Å². The highest BCUT2D eigenvalue weighted by molar-refractivity contribution is 5.34. The first-order valence-corrected chi connectivity index (χ1v) is 7.33. The minimum atomic E-state index is 0.369. The molecule has 0 radical (unpaired) electrons. The normalized spacial score (nSPS) is 18.5. The molecule has 1 aliphatic carbocycles. The van der Waals surface area contributed by atoms with Crippen molar-refractivity contribution in [2.75, 3.05) is 0 Å². The summed E-state index contributed by atoms with van der Waals surface area (Å²) in [6.45, 7) is 4.52. The van der Waals surface area contributed by atoms with Gasteiger partial charge < -0.3 is 5.32 Å². The Bertz CT molecular complexity index is 530. The SMILES string of the molecule is CC(NC(C)C1CCC1)c1ccc(-n2cnnn2)cc1. The lowest BCUT2D eigenvalue weighted by Crippen LogP contribution is -2.38. The molecule has 5 nitrogen and oxygen atoms in total. The van der Waals surface area contributed by atoms with Gasteiger partial charge in [0.15, 0.2) is 0 Å². The van der Waals surface area contributed by atoms with E-state index in [4.69, 9.17) is 0 Å². The fraction of sp³-hybridized carbons (Fsp3) is 0.533. The number of nitrogens with one attached hydrogen (secondary N) is 1. The lowest BCUT2D eigenvalue weighted by Gasteiger charge is -2.34. The van der Waals surface area contributed by atoms with Crippen molar-refractivity contribution < 1.29 is 0 Å². The molecule has 0 spiro atoms. The summed E-state index contributed by atoms with van der Waals surface area (Å²) in [4.78, 5) is 0. The van der Waals surface area contributed by atoms with Crippen LogP contribution in [0.1, 0.15) is 44.7 Å². The van der Waals surface area contributed by atoms with Crippen LogP contribution in [0.15, 0.2) is 30.6 Å². The zero-order valence-corrected chi connectivity index (χ0v) is 12.0. The smallest absolute Gasteiger partial charge is 0.143 e. The van der Waals surface area contributed by atoms with Gasteiger partial charge in [-0.05, 0) is 60.7 Å². The Kier molecular flexibility index (Phi) is 3.78. The van der Waals surface area contributed by atoms with Gasteiger partial charge in [0, 0.05) is 12.1 Å². The Hall–Kier alpha value is -1.75. The number of aromatic nitrogens is 4. The van der Waals surface area contributed by atoms with E-state index in [0.717, 1.165) is 11.6 Å². The summed E-state index contributed by atoms with van der Waals surface area (Å²) in [5, 5.41) is 14.9. The van der Waals surface area contributed by atoms with E-state index in [-0.39, 0.29) is 0 Å². The molecule has 2 aromatic rings. The van der Waals surface area contributed by atoms with E-state index in [2.05, 4.69) is 59.0 Å². The highest BCUT2D eigenvalue weighted by atomic mass is 15.5. The molecule has 0 saturated heterocycles. The molecule has 1 N–H and O–H groups in total. The largest absolute Gasteiger partial charge is 0.307 e. The third-order valence-corrected chi connectivity index (χ3v) is 4.38. The maximum atomic E-state index is 3.89. The molecule has 1 aromatic heterocycles. The van der Waals surface area contributed by atoms with Crippen LogP contribution in [0.25, 0.3) is 5.69 Å². The molecule has 0 amide bonds. The van der Waals surface area contributed by atoms with E-state index in [0.29, 0.717) is 12.1 Å². The highest BCUT2D eigenvalue weighted by Crippen LogP contribution is 2.30. The molecule has 2 unspecified atom stereocenters. The molecular weight excluding hydrogens is 250 g/mol. The van der Waals surface area contributed by atoms with Crippen LogP contribution in [0, 0.1) is 5.92 Å². The molecule has 1 fully saturated rings. The first kappa shape index (κ1) is 13.2. The first-order chi connectivity index (χ1) is 9.74. The molecule has 2 atom stereocenters. The minimum Gasteiger partial charge on any atom is -0.307 e. The molecule has 106 valence electrons. The fourth-order valence-electron chi connectivity index (χ4n) is 2.76. The van der Waals surface area contributed by atoms with Gasteiger partial charge >= 0.3 is 0 Å². The van der Waals surface area contributed by atoms with E-state index in [9.17, 15) is 0 Å². The molecule has 1 aliphatic rings. The average molecular weight is 271 g/mol. The third-order valence-electron chi connectivity index (χ3n) is 4.38. The monoisotopic (exact) mass is 271 g/mol. The molecule has 1 heterocycles. The Labute approximate surface area is 119 Å². The van der Waals surface area contributed by atoms with Crippen molar-refractivity contribution in [2.45, 2.75) is 45.2 Å². The molecule has 0 bridgehead atoms. The summed E-state index contributed by atoms with van der Waals surface area (Å²) in [6, 6.07) is 9.35. The van der Waals surface area contributed by atoms with Crippen molar-refractivity contribution in [1.29, 1.82) is 0 Å². The first-order valence-electron chi connectivity index (χ1n) is 7.33. The van der Waals surface area contributed by atoms with Crippen LogP contribution in [0.4, 0.5) is 0 Å². The molecule has 1 saturated carbocycles. The lowest BCUT2D eigenvalue weighted by molar-refractivity contribution is 0.230. The molecule has 20 heavy (non-hydrogen) atoms. The number of benzene rings is 1. The Morgan fingerprint density at radius 2 is 1.95 bits per heavy atom. The van der Waals surface area contributed by atoms with Gasteiger partial charge in [0.05, 0.1) is 5.69 Å². The van der Waals surface area contributed by atoms with Crippen molar-refractivity contribution >= 4 is 0 Å². The van der Waals surface area contributed by atoms with Gasteiger partial charge in [0.25, 0.3) is 0 Å². The maximum Gasteiger partial charge on any atom is 0.143 e. The van der Waals surface area contributed by atoms with Crippen LogP contribution in [0.2, 0.25) is 0 Å². The van der Waals surface area contributed by atoms with Gasteiger partial charge in [-0.3, -0.25) is 0 Å². The van der Waals surface area contributed by atoms with Gasteiger partial charge in [-0.25, -0.2) is 4.68 Å². The van der Waals surface area contributed by atoms with E-state index >= 15 is 0 Å². The van der Waals surface area contributed by atoms with E-state index < -0.39 is 0 Å². The third kappa shape index (κ3) is 2.72. The van der Waals surface area contributed by atoms with Gasteiger partial charge in [0.2, 0.25) is 0 Å². The standard InChI is InChI=1S/C15H21N5/c1-11(13-4-3-5-13)17-12(2)14-6-8-15(9-7-14)20-10-16-18-19-20/h6-13,17H,3-5H2,1-2H3. The predicted octanol–water partition coefficient (Wildman–Crippen LogP) is 2.50. The summed E-state index contributed by atoms with van der Waals surface area (Å²) in [5.41, 5.74) is 2.28. The van der Waals surface area contributed by atoms with Crippen molar-refractivity contribution in [2.24, 2.45) is 5.92 Å². The number of rotatable bonds is 5. The summed E-state index contributed by atoms with van der Waals surface area (Å²) < 4.78 is 1.67. The van der Waals surface area contributed by atoms with Crippen LogP contribution in [-0.4, -0.2) is 26.2 Å². The lowest BCUT2D eigenvalue weighted by atomic mass is 9.80. The molecular formula is C15H21N5. The Morgan fingerprint density at radius 1 is 1.20 bits per heavy atom. The zero-order chi connectivity index (χ0) is 13.9. The second-order valence-corrected chi connectivity index (χ2v) is 5.71. The van der Waals surface area contributed by atoms with Crippen LogP contribution >= 0.6 is 0 Å². The molecule has 3 rings (SSSR count). The quantitative estimate of drug-likeness (QED) is 0.907. The zero-order valence-electron chi connectivity index (χ0n) is 12.0. The maximum absolute atomic E-state index is 3.89. The van der Waals surface area contributed by atoms with Crippen LogP contribution < -0.4 is 5.32 Å². The Morgan fingerprint density at radius 3 is 2.50 bits per heavy atom. The van der Waals surface area contributed by atoms with E-state index in [1.165, 1.54) is 24.8 Å². The highest BCUT2D eigenvalue weighted by Gasteiger charge is 2.24. The number of hydrogen-bond acceptors (Lipinski definition) is 4. The van der Waals surface area contributed by atoms with Crippen LogP contribution in [0.3, 0.4) is 0 Å². The second-order valence-electron chi connectivity index (χ2n) is 5.71. The fourth-order valence-corrected chi connectivity index (χ4v) is 2.76. The van der Waals surface area contributed by atoms with E-state index in [1.807, 2.05) is 0 Å².